The summed E-state index contributed by atoms with van der Waals surface area (Å²) in [6, 6.07) is 13.2. The quantitative estimate of drug-likeness (QED) is 0.311. The van der Waals surface area contributed by atoms with Crippen molar-refractivity contribution in [3.05, 3.63) is 80.4 Å². The van der Waals surface area contributed by atoms with Gasteiger partial charge in [-0.3, -0.25) is 4.79 Å². The fourth-order valence-corrected chi connectivity index (χ4v) is 3.94. The van der Waals surface area contributed by atoms with Crippen LogP contribution in [0.15, 0.2) is 53.0 Å². The number of rotatable bonds is 8. The van der Waals surface area contributed by atoms with Crippen LogP contribution in [0.25, 0.3) is 6.08 Å². The molecule has 2 heterocycles. The maximum absolute atomic E-state index is 12.3. The number of hydrogen-bond donors (Lipinski definition) is 0. The summed E-state index contributed by atoms with van der Waals surface area (Å²) in [5, 5.41) is 0.575. The van der Waals surface area contributed by atoms with E-state index in [-0.39, 0.29) is 12.4 Å². The first-order valence-electron chi connectivity index (χ1n) is 8.84. The number of furan rings is 1. The number of carbonyl (C=O) groups is 1. The van der Waals surface area contributed by atoms with Gasteiger partial charge in [0.15, 0.2) is 5.78 Å². The number of ether oxygens (including phenoxy) is 1. The van der Waals surface area contributed by atoms with Crippen LogP contribution in [0, 0.1) is 6.92 Å². The number of allylic oxidation sites excluding steroid dienone is 1. The molecule has 140 valence electrons. The molecular weight excluding hydrogens is 380 g/mol. The van der Waals surface area contributed by atoms with Crippen molar-refractivity contribution in [2.24, 2.45) is 0 Å². The van der Waals surface area contributed by atoms with E-state index < -0.39 is 0 Å². The summed E-state index contributed by atoms with van der Waals surface area (Å²) in [4.78, 5) is 14.3. The number of carbonyl (C=O) groups excluding carboxylic acids is 1. The van der Waals surface area contributed by atoms with Gasteiger partial charge in [0.25, 0.3) is 0 Å². The van der Waals surface area contributed by atoms with Crippen LogP contribution in [0.3, 0.4) is 0 Å². The van der Waals surface area contributed by atoms with Crippen LogP contribution in [0.4, 0.5) is 0 Å². The fourth-order valence-electron chi connectivity index (χ4n) is 2.64. The molecule has 0 atom stereocenters. The third-order valence-electron chi connectivity index (χ3n) is 4.00. The van der Waals surface area contributed by atoms with Crippen LogP contribution >= 0.6 is 22.9 Å². The van der Waals surface area contributed by atoms with E-state index in [2.05, 4.69) is 6.92 Å². The lowest BCUT2D eigenvalue weighted by Crippen LogP contribution is -1.96. The monoisotopic (exact) mass is 400 g/mol. The van der Waals surface area contributed by atoms with E-state index >= 15 is 0 Å². The highest BCUT2D eigenvalue weighted by atomic mass is 35.5. The largest absolute Gasteiger partial charge is 0.484 e. The Morgan fingerprint density at radius 3 is 2.85 bits per heavy atom. The molecule has 0 saturated carbocycles. The first-order chi connectivity index (χ1) is 13.1. The summed E-state index contributed by atoms with van der Waals surface area (Å²) in [7, 11) is 0. The van der Waals surface area contributed by atoms with Crippen LogP contribution in [0.2, 0.25) is 5.02 Å². The van der Waals surface area contributed by atoms with Gasteiger partial charge in [0.1, 0.15) is 23.9 Å². The molecule has 1 aromatic carbocycles. The van der Waals surface area contributed by atoms with Crippen LogP contribution in [0.5, 0.6) is 5.75 Å². The highest BCUT2D eigenvalue weighted by Crippen LogP contribution is 2.29. The number of aryl methyl sites for hydroxylation is 2. The summed E-state index contributed by atoms with van der Waals surface area (Å²) in [5.74, 6) is 1.93. The van der Waals surface area contributed by atoms with Gasteiger partial charge in [0.2, 0.25) is 0 Å². The van der Waals surface area contributed by atoms with Gasteiger partial charge in [0, 0.05) is 4.88 Å². The second-order valence-corrected chi connectivity index (χ2v) is 7.77. The van der Waals surface area contributed by atoms with E-state index in [1.165, 1.54) is 4.88 Å². The van der Waals surface area contributed by atoms with Gasteiger partial charge < -0.3 is 9.15 Å². The molecule has 0 N–H and O–H groups in total. The average molecular weight is 401 g/mol. The zero-order chi connectivity index (χ0) is 19.2. The Morgan fingerprint density at radius 2 is 2.07 bits per heavy atom. The lowest BCUT2D eigenvalue weighted by Gasteiger charge is -2.09. The van der Waals surface area contributed by atoms with Gasteiger partial charge in [-0.25, -0.2) is 0 Å². The zero-order valence-electron chi connectivity index (χ0n) is 15.3. The van der Waals surface area contributed by atoms with Gasteiger partial charge in [0.05, 0.1) is 9.90 Å². The standard InChI is InChI=1S/C22H21ClO3S/c1-3-5-18-11-13-21(27-18)20(24)12-10-16-8-9-17(26-16)14-25-22-15(2)6-4-7-19(22)23/h4,6-13H,3,5,14H2,1-2H3/b12-10+. The summed E-state index contributed by atoms with van der Waals surface area (Å²) < 4.78 is 11.5. The molecule has 0 aliphatic rings. The molecule has 0 saturated heterocycles. The Kier molecular flexibility index (Phi) is 6.54. The Balaban J connectivity index is 1.60. The second-order valence-electron chi connectivity index (χ2n) is 6.19. The minimum atomic E-state index is -0.0109. The molecule has 2 aromatic heterocycles. The van der Waals surface area contributed by atoms with Gasteiger partial charge in [-0.05, 0) is 61.4 Å². The van der Waals surface area contributed by atoms with Crippen molar-refractivity contribution in [1.29, 1.82) is 0 Å². The minimum absolute atomic E-state index is 0.0109. The summed E-state index contributed by atoms with van der Waals surface area (Å²) >= 11 is 7.71. The molecule has 0 amide bonds. The van der Waals surface area contributed by atoms with E-state index in [0.29, 0.717) is 22.3 Å². The molecule has 0 aliphatic carbocycles. The Labute approximate surface area is 168 Å². The maximum atomic E-state index is 12.3. The van der Waals surface area contributed by atoms with Crippen LogP contribution < -0.4 is 4.74 Å². The second kappa shape index (κ2) is 9.07. The number of ketones is 1. The lowest BCUT2D eigenvalue weighted by atomic mass is 10.2. The fraction of sp³-hybridized carbons (Fsp3) is 0.227. The van der Waals surface area contributed by atoms with Crippen LogP contribution in [-0.2, 0) is 13.0 Å². The van der Waals surface area contributed by atoms with E-state index in [0.717, 1.165) is 23.3 Å². The number of halogens is 1. The predicted octanol–water partition coefficient (Wildman–Crippen LogP) is 6.73. The van der Waals surface area contributed by atoms with E-state index in [1.54, 1.807) is 29.6 Å². The molecule has 0 fully saturated rings. The predicted molar refractivity (Wildman–Crippen MR) is 111 cm³/mol. The Morgan fingerprint density at radius 1 is 1.22 bits per heavy atom. The molecule has 3 nitrogen and oxygen atoms in total. The molecule has 0 aliphatic heterocycles. The van der Waals surface area contributed by atoms with Crippen LogP contribution in [0.1, 0.15) is 45.0 Å². The minimum Gasteiger partial charge on any atom is -0.484 e. The van der Waals surface area contributed by atoms with E-state index in [9.17, 15) is 4.79 Å². The molecule has 0 spiro atoms. The topological polar surface area (TPSA) is 39.4 Å². The molecule has 0 unspecified atom stereocenters. The summed E-state index contributed by atoms with van der Waals surface area (Å²) in [5.41, 5.74) is 0.971. The van der Waals surface area contributed by atoms with Crippen molar-refractivity contribution >= 4 is 34.8 Å². The highest BCUT2D eigenvalue weighted by molar-refractivity contribution is 7.14. The van der Waals surface area contributed by atoms with Crippen molar-refractivity contribution in [2.75, 3.05) is 0 Å². The van der Waals surface area contributed by atoms with E-state index in [1.807, 2.05) is 43.3 Å². The summed E-state index contributed by atoms with van der Waals surface area (Å²) in [6.07, 6.45) is 5.32. The molecule has 3 aromatic rings. The highest BCUT2D eigenvalue weighted by Gasteiger charge is 2.08. The molecule has 0 radical (unpaired) electrons. The smallest absolute Gasteiger partial charge is 0.195 e. The van der Waals surface area contributed by atoms with Crippen molar-refractivity contribution in [2.45, 2.75) is 33.3 Å². The number of hydrogen-bond acceptors (Lipinski definition) is 4. The average Bonchev–Trinajstić information content (AvgIpc) is 3.29. The molecule has 0 bridgehead atoms. The zero-order valence-corrected chi connectivity index (χ0v) is 16.9. The van der Waals surface area contributed by atoms with Gasteiger partial charge >= 0.3 is 0 Å². The number of thiophene rings is 1. The third kappa shape index (κ3) is 5.12. The van der Waals surface area contributed by atoms with Crippen molar-refractivity contribution in [3.8, 4) is 5.75 Å². The molecule has 27 heavy (non-hydrogen) atoms. The van der Waals surface area contributed by atoms with Gasteiger partial charge in [-0.1, -0.05) is 37.1 Å². The van der Waals surface area contributed by atoms with Crippen molar-refractivity contribution in [1.82, 2.24) is 0 Å². The van der Waals surface area contributed by atoms with Crippen molar-refractivity contribution < 1.29 is 13.9 Å². The van der Waals surface area contributed by atoms with Crippen molar-refractivity contribution in [3.63, 3.8) is 0 Å². The lowest BCUT2D eigenvalue weighted by molar-refractivity contribution is 0.105. The Bertz CT molecular complexity index is 932. The normalized spacial score (nSPS) is 11.2. The van der Waals surface area contributed by atoms with Crippen LogP contribution in [-0.4, -0.2) is 5.78 Å². The molecule has 3 rings (SSSR count). The molecular formula is C22H21ClO3S. The molecule has 5 heteroatoms. The van der Waals surface area contributed by atoms with Gasteiger partial charge in [-0.15, -0.1) is 11.3 Å². The number of benzene rings is 1. The third-order valence-corrected chi connectivity index (χ3v) is 5.46. The SMILES string of the molecule is CCCc1ccc(C(=O)/C=C/c2ccc(COc3c(C)cccc3Cl)o2)s1. The summed E-state index contributed by atoms with van der Waals surface area (Å²) in [6.45, 7) is 4.35. The first kappa shape index (κ1) is 19.5. The Hall–Kier alpha value is -2.30. The first-order valence-corrected chi connectivity index (χ1v) is 10.0. The van der Waals surface area contributed by atoms with E-state index in [4.69, 9.17) is 20.8 Å². The maximum Gasteiger partial charge on any atom is 0.195 e. The van der Waals surface area contributed by atoms with Gasteiger partial charge in [-0.2, -0.15) is 0 Å². The number of para-hydroxylation sites is 1.